The number of hydrogen-bond donors (Lipinski definition) is 0. The van der Waals surface area contributed by atoms with Gasteiger partial charge in [-0.05, 0) is 37.5 Å². The lowest BCUT2D eigenvalue weighted by atomic mass is 9.99. The highest BCUT2D eigenvalue weighted by Crippen LogP contribution is 2.42. The lowest BCUT2D eigenvalue weighted by Crippen LogP contribution is -2.44. The first-order valence-corrected chi connectivity index (χ1v) is 11.0. The third-order valence-electron chi connectivity index (χ3n) is 5.07. The van der Waals surface area contributed by atoms with Crippen LogP contribution in [0.4, 0.5) is 0 Å². The van der Waals surface area contributed by atoms with E-state index >= 15 is 0 Å². The molecule has 8 heteroatoms. The summed E-state index contributed by atoms with van der Waals surface area (Å²) in [4.78, 5) is 2.87. The quantitative estimate of drug-likeness (QED) is 0.329. The smallest absolute Gasteiger partial charge is 0.192 e. The van der Waals surface area contributed by atoms with E-state index < -0.39 is 20.4 Å². The molecule has 0 spiro atoms. The van der Waals surface area contributed by atoms with E-state index in [1.165, 1.54) is 0 Å². The third-order valence-corrected chi connectivity index (χ3v) is 9.57. The Morgan fingerprint density at radius 2 is 1.91 bits per heavy atom. The van der Waals surface area contributed by atoms with Crippen molar-refractivity contribution in [3.63, 3.8) is 0 Å². The van der Waals surface area contributed by atoms with Gasteiger partial charge in [0.05, 0.1) is 12.7 Å². The molecular formula is C15H29N3O4Si. The molecule has 0 saturated carbocycles. The summed E-state index contributed by atoms with van der Waals surface area (Å²) in [5.74, 6) is -0.725. The average molecular weight is 344 g/mol. The van der Waals surface area contributed by atoms with Gasteiger partial charge in [-0.1, -0.05) is 25.9 Å². The highest BCUT2D eigenvalue weighted by atomic mass is 28.4. The second kappa shape index (κ2) is 6.35. The fourth-order valence-electron chi connectivity index (χ4n) is 2.66. The minimum Gasteiger partial charge on any atom is -0.414 e. The molecule has 2 saturated heterocycles. The van der Waals surface area contributed by atoms with Crippen molar-refractivity contribution in [3.05, 3.63) is 10.4 Å². The van der Waals surface area contributed by atoms with Gasteiger partial charge in [0.15, 0.2) is 20.4 Å². The van der Waals surface area contributed by atoms with Gasteiger partial charge in [-0.15, -0.1) is 0 Å². The van der Waals surface area contributed by atoms with Crippen molar-refractivity contribution < 1.29 is 18.6 Å². The molecule has 4 atom stereocenters. The molecule has 0 aliphatic carbocycles. The Kier molecular flexibility index (Phi) is 5.16. The summed E-state index contributed by atoms with van der Waals surface area (Å²) in [5.41, 5.74) is 8.64. The van der Waals surface area contributed by atoms with Gasteiger partial charge in [0.25, 0.3) is 0 Å². The summed E-state index contributed by atoms with van der Waals surface area (Å²) in [7, 11) is -1.86. The van der Waals surface area contributed by atoms with Crippen LogP contribution in [0.15, 0.2) is 5.11 Å². The molecule has 0 aromatic carbocycles. The highest BCUT2D eigenvalue weighted by molar-refractivity contribution is 6.74. The lowest BCUT2D eigenvalue weighted by molar-refractivity contribution is -0.212. The fourth-order valence-corrected chi connectivity index (χ4v) is 3.67. The van der Waals surface area contributed by atoms with Gasteiger partial charge in [0.2, 0.25) is 0 Å². The van der Waals surface area contributed by atoms with Crippen molar-refractivity contribution in [1.29, 1.82) is 0 Å². The molecule has 2 heterocycles. The summed E-state index contributed by atoms with van der Waals surface area (Å²) >= 11 is 0. The molecule has 2 rings (SSSR count). The van der Waals surface area contributed by atoms with E-state index in [2.05, 4.69) is 43.9 Å². The van der Waals surface area contributed by atoms with Gasteiger partial charge in [-0.25, -0.2) is 0 Å². The van der Waals surface area contributed by atoms with E-state index in [0.29, 0.717) is 13.2 Å². The van der Waals surface area contributed by atoms with Crippen LogP contribution in [-0.4, -0.2) is 45.8 Å². The Hall–Kier alpha value is -0.633. The maximum Gasteiger partial charge on any atom is 0.192 e. The standard InChI is InChI=1S/C15H29N3O4Si/c1-14(2,3)23(6,7)19-9-11-10(8-17-18-16)12-13(20-11)22-15(4,5)21-12/h10-13H,8-9H2,1-7H3/t10-,11+,12+,13?/m0/s1. The average Bonchev–Trinajstić information content (AvgIpc) is 2.84. The first kappa shape index (κ1) is 18.7. The minimum atomic E-state index is -1.86. The molecule has 2 fully saturated rings. The van der Waals surface area contributed by atoms with Crippen molar-refractivity contribution in [2.75, 3.05) is 13.2 Å². The van der Waals surface area contributed by atoms with E-state index in [1.54, 1.807) is 0 Å². The zero-order chi connectivity index (χ0) is 17.5. The molecule has 0 aromatic rings. The summed E-state index contributed by atoms with van der Waals surface area (Å²) < 4.78 is 24.0. The molecule has 7 nitrogen and oxygen atoms in total. The molecule has 23 heavy (non-hydrogen) atoms. The van der Waals surface area contributed by atoms with Crippen LogP contribution >= 0.6 is 0 Å². The molecule has 0 radical (unpaired) electrons. The van der Waals surface area contributed by atoms with Crippen LogP contribution in [0.5, 0.6) is 0 Å². The van der Waals surface area contributed by atoms with Gasteiger partial charge in [-0.3, -0.25) is 0 Å². The van der Waals surface area contributed by atoms with Crippen molar-refractivity contribution in [3.8, 4) is 0 Å². The van der Waals surface area contributed by atoms with E-state index in [9.17, 15) is 0 Å². The van der Waals surface area contributed by atoms with Gasteiger partial charge < -0.3 is 18.6 Å². The maximum absolute atomic E-state index is 8.64. The predicted octanol–water partition coefficient (Wildman–Crippen LogP) is 3.81. The Labute approximate surface area is 139 Å². The van der Waals surface area contributed by atoms with E-state index in [0.717, 1.165) is 0 Å². The van der Waals surface area contributed by atoms with Crippen LogP contribution in [-0.2, 0) is 18.6 Å². The normalized spacial score (nSPS) is 33.3. The second-order valence-corrected chi connectivity index (χ2v) is 13.1. The minimum absolute atomic E-state index is 0.0533. The molecular weight excluding hydrogens is 314 g/mol. The maximum atomic E-state index is 8.64. The van der Waals surface area contributed by atoms with E-state index in [1.807, 2.05) is 13.8 Å². The Bertz CT molecular complexity index is 486. The van der Waals surface area contributed by atoms with Crippen molar-refractivity contribution in [1.82, 2.24) is 0 Å². The van der Waals surface area contributed by atoms with Crippen molar-refractivity contribution >= 4 is 8.32 Å². The molecule has 0 aromatic heterocycles. The zero-order valence-electron chi connectivity index (χ0n) is 15.2. The van der Waals surface area contributed by atoms with Crippen molar-refractivity contribution in [2.45, 2.75) is 77.0 Å². The first-order chi connectivity index (χ1) is 10.5. The monoisotopic (exact) mass is 343 g/mol. The molecule has 0 amide bonds. The van der Waals surface area contributed by atoms with Crippen molar-refractivity contribution in [2.24, 2.45) is 11.0 Å². The predicted molar refractivity (Wildman–Crippen MR) is 89.4 cm³/mol. The Balaban J connectivity index is 2.05. The fraction of sp³-hybridized carbons (Fsp3) is 1.00. The SMILES string of the molecule is CC1(C)OC2O[C@H](CO[Si](C)(C)C(C)(C)C)[C@H](CN=[N+]=[N-])[C@H]2O1. The highest BCUT2D eigenvalue weighted by Gasteiger charge is 2.54. The number of nitrogens with zero attached hydrogens (tertiary/aromatic N) is 3. The summed E-state index contributed by atoms with van der Waals surface area (Å²) in [5, 5.41) is 3.86. The van der Waals surface area contributed by atoms with Crippen LogP contribution in [0.3, 0.4) is 0 Å². The summed E-state index contributed by atoms with van der Waals surface area (Å²) in [6.45, 7) is 15.6. The Morgan fingerprint density at radius 3 is 2.48 bits per heavy atom. The first-order valence-electron chi connectivity index (χ1n) is 8.13. The topological polar surface area (TPSA) is 85.7 Å². The lowest BCUT2D eigenvalue weighted by Gasteiger charge is -2.37. The zero-order valence-corrected chi connectivity index (χ0v) is 16.2. The van der Waals surface area contributed by atoms with E-state index in [-0.39, 0.29) is 23.2 Å². The molecule has 2 aliphatic heterocycles. The van der Waals surface area contributed by atoms with Gasteiger partial charge in [0, 0.05) is 17.4 Å². The van der Waals surface area contributed by atoms with Crippen LogP contribution < -0.4 is 0 Å². The van der Waals surface area contributed by atoms with Gasteiger partial charge >= 0.3 is 0 Å². The number of hydrogen-bond acceptors (Lipinski definition) is 5. The number of ether oxygens (including phenoxy) is 3. The summed E-state index contributed by atoms with van der Waals surface area (Å²) in [6.07, 6.45) is -0.818. The van der Waals surface area contributed by atoms with E-state index in [4.69, 9.17) is 24.2 Å². The number of rotatable bonds is 5. The molecule has 132 valence electrons. The number of fused-ring (bicyclic) bond motifs is 1. The van der Waals surface area contributed by atoms with Crippen LogP contribution in [0.25, 0.3) is 10.4 Å². The van der Waals surface area contributed by atoms with Crippen LogP contribution in [0.1, 0.15) is 34.6 Å². The number of azide groups is 1. The molecule has 2 aliphatic rings. The molecule has 1 unspecified atom stereocenters. The Morgan fingerprint density at radius 1 is 1.26 bits per heavy atom. The second-order valence-electron chi connectivity index (χ2n) is 8.29. The largest absolute Gasteiger partial charge is 0.414 e. The van der Waals surface area contributed by atoms with Crippen LogP contribution in [0.2, 0.25) is 18.1 Å². The summed E-state index contributed by atoms with van der Waals surface area (Å²) in [6, 6.07) is 0. The van der Waals surface area contributed by atoms with Crippen LogP contribution in [0, 0.1) is 5.92 Å². The third kappa shape index (κ3) is 4.07. The molecule has 0 N–H and O–H groups in total. The molecule has 0 bridgehead atoms. The van der Waals surface area contributed by atoms with Gasteiger partial charge in [-0.2, -0.15) is 0 Å². The van der Waals surface area contributed by atoms with Gasteiger partial charge in [0.1, 0.15) is 6.10 Å².